The molecule has 3 nitrogen and oxygen atoms in total. The van der Waals surface area contributed by atoms with Crippen molar-refractivity contribution in [2.24, 2.45) is 4.99 Å². The van der Waals surface area contributed by atoms with Crippen molar-refractivity contribution in [3.05, 3.63) is 35.9 Å². The van der Waals surface area contributed by atoms with Gasteiger partial charge in [-0.3, -0.25) is 4.99 Å². The molecule has 0 aliphatic rings. The van der Waals surface area contributed by atoms with Crippen molar-refractivity contribution in [1.29, 1.82) is 0 Å². The van der Waals surface area contributed by atoms with Gasteiger partial charge in [0.1, 0.15) is 0 Å². The summed E-state index contributed by atoms with van der Waals surface area (Å²) >= 11 is 1.88. The number of rotatable bonds is 7. The van der Waals surface area contributed by atoms with E-state index in [1.807, 2.05) is 18.8 Å². The Kier molecular flexibility index (Phi) is 7.52. The van der Waals surface area contributed by atoms with Gasteiger partial charge >= 0.3 is 0 Å². The van der Waals surface area contributed by atoms with Crippen LogP contribution in [0, 0.1) is 0 Å². The molecule has 0 aromatic heterocycles. The van der Waals surface area contributed by atoms with E-state index >= 15 is 0 Å². The molecule has 1 aromatic carbocycles. The van der Waals surface area contributed by atoms with E-state index < -0.39 is 0 Å². The molecule has 0 unspecified atom stereocenters. The van der Waals surface area contributed by atoms with Crippen LogP contribution in [0.5, 0.6) is 0 Å². The van der Waals surface area contributed by atoms with Crippen molar-refractivity contribution in [2.45, 2.75) is 25.7 Å². The molecule has 0 atom stereocenters. The summed E-state index contributed by atoms with van der Waals surface area (Å²) in [5, 5.41) is 6.77. The molecule has 0 saturated heterocycles. The monoisotopic (exact) mass is 293 g/mol. The van der Waals surface area contributed by atoms with E-state index in [4.69, 9.17) is 0 Å². The Bertz CT molecular complexity index is 401. The van der Waals surface area contributed by atoms with Gasteiger partial charge in [0.2, 0.25) is 0 Å². The minimum Gasteiger partial charge on any atom is -0.356 e. The summed E-state index contributed by atoms with van der Waals surface area (Å²) in [6, 6.07) is 10.6. The standard InChI is InChI=1S/C16H27N3S/c1-16(2,14-9-6-5-7-10-14)13-19-15(17-3)18-11-8-12-20-4/h5-7,9-10H,8,11-13H2,1-4H3,(H2,17,18,19). The van der Waals surface area contributed by atoms with Gasteiger partial charge in [0.25, 0.3) is 0 Å². The fourth-order valence-corrected chi connectivity index (χ4v) is 2.37. The molecule has 0 aliphatic heterocycles. The summed E-state index contributed by atoms with van der Waals surface area (Å²) in [5.41, 5.74) is 1.42. The van der Waals surface area contributed by atoms with Crippen molar-refractivity contribution in [2.75, 3.05) is 32.1 Å². The van der Waals surface area contributed by atoms with Crippen LogP contribution in [0.4, 0.5) is 0 Å². The lowest BCUT2D eigenvalue weighted by molar-refractivity contribution is 0.508. The molecular formula is C16H27N3S. The van der Waals surface area contributed by atoms with E-state index in [0.717, 1.165) is 25.5 Å². The fourth-order valence-electron chi connectivity index (χ4n) is 1.94. The molecule has 0 radical (unpaired) electrons. The average Bonchev–Trinajstić information content (AvgIpc) is 2.47. The number of thioether (sulfide) groups is 1. The molecule has 4 heteroatoms. The SMILES string of the molecule is CN=C(NCCCSC)NCC(C)(C)c1ccccc1. The van der Waals surface area contributed by atoms with Crippen LogP contribution in [0.15, 0.2) is 35.3 Å². The smallest absolute Gasteiger partial charge is 0.191 e. The predicted octanol–water partition coefficient (Wildman–Crippen LogP) is 2.88. The minimum absolute atomic E-state index is 0.0815. The third kappa shape index (κ3) is 5.87. The van der Waals surface area contributed by atoms with E-state index in [1.165, 1.54) is 11.3 Å². The van der Waals surface area contributed by atoms with Gasteiger partial charge in [-0.25, -0.2) is 0 Å². The van der Waals surface area contributed by atoms with Crippen molar-refractivity contribution < 1.29 is 0 Å². The molecule has 0 heterocycles. The number of hydrogen-bond donors (Lipinski definition) is 2. The Hall–Kier alpha value is -1.16. The normalized spacial score (nSPS) is 12.3. The molecule has 20 heavy (non-hydrogen) atoms. The highest BCUT2D eigenvalue weighted by Crippen LogP contribution is 2.21. The van der Waals surface area contributed by atoms with Crippen molar-refractivity contribution >= 4 is 17.7 Å². The Balaban J connectivity index is 2.43. The second-order valence-corrected chi connectivity index (χ2v) is 6.43. The number of nitrogens with zero attached hydrogens (tertiary/aromatic N) is 1. The van der Waals surface area contributed by atoms with E-state index in [9.17, 15) is 0 Å². The van der Waals surface area contributed by atoms with Gasteiger partial charge in [-0.2, -0.15) is 11.8 Å². The van der Waals surface area contributed by atoms with Gasteiger partial charge in [-0.05, 0) is 24.0 Å². The highest BCUT2D eigenvalue weighted by Gasteiger charge is 2.20. The van der Waals surface area contributed by atoms with Crippen LogP contribution in [0.1, 0.15) is 25.8 Å². The van der Waals surface area contributed by atoms with E-state index in [2.05, 4.69) is 66.1 Å². The molecule has 112 valence electrons. The summed E-state index contributed by atoms with van der Waals surface area (Å²) in [6.07, 6.45) is 3.29. The lowest BCUT2D eigenvalue weighted by Crippen LogP contribution is -2.43. The van der Waals surface area contributed by atoms with Crippen LogP contribution in [-0.2, 0) is 5.41 Å². The molecule has 0 aliphatic carbocycles. The molecule has 0 saturated carbocycles. The number of guanidine groups is 1. The van der Waals surface area contributed by atoms with Crippen molar-refractivity contribution in [3.8, 4) is 0 Å². The average molecular weight is 293 g/mol. The maximum atomic E-state index is 4.27. The highest BCUT2D eigenvalue weighted by atomic mass is 32.2. The van der Waals surface area contributed by atoms with Gasteiger partial charge in [0, 0.05) is 25.6 Å². The zero-order valence-electron chi connectivity index (χ0n) is 13.1. The van der Waals surface area contributed by atoms with Crippen molar-refractivity contribution in [3.63, 3.8) is 0 Å². The Labute approximate surface area is 127 Å². The van der Waals surface area contributed by atoms with Crippen LogP contribution in [0.2, 0.25) is 0 Å². The predicted molar refractivity (Wildman–Crippen MR) is 91.8 cm³/mol. The topological polar surface area (TPSA) is 36.4 Å². The van der Waals surface area contributed by atoms with E-state index in [-0.39, 0.29) is 5.41 Å². The van der Waals surface area contributed by atoms with Crippen LogP contribution in [0.25, 0.3) is 0 Å². The highest BCUT2D eigenvalue weighted by molar-refractivity contribution is 7.98. The molecule has 2 N–H and O–H groups in total. The molecule has 0 spiro atoms. The summed E-state index contributed by atoms with van der Waals surface area (Å²) < 4.78 is 0. The Morgan fingerprint density at radius 2 is 1.90 bits per heavy atom. The summed E-state index contributed by atoms with van der Waals surface area (Å²) in [5.74, 6) is 2.06. The molecule has 0 amide bonds. The van der Waals surface area contributed by atoms with Gasteiger partial charge in [0.15, 0.2) is 5.96 Å². The first-order valence-corrected chi connectivity index (χ1v) is 8.48. The zero-order valence-corrected chi connectivity index (χ0v) is 13.9. The number of benzene rings is 1. The number of hydrogen-bond acceptors (Lipinski definition) is 2. The molecule has 1 rings (SSSR count). The van der Waals surface area contributed by atoms with Gasteiger partial charge in [0.05, 0.1) is 0 Å². The van der Waals surface area contributed by atoms with E-state index in [1.54, 1.807) is 0 Å². The minimum atomic E-state index is 0.0815. The van der Waals surface area contributed by atoms with Crippen LogP contribution in [-0.4, -0.2) is 38.1 Å². The number of aliphatic imine (C=N–C) groups is 1. The van der Waals surface area contributed by atoms with Gasteiger partial charge in [-0.1, -0.05) is 44.2 Å². The maximum absolute atomic E-state index is 4.27. The Morgan fingerprint density at radius 1 is 1.20 bits per heavy atom. The second-order valence-electron chi connectivity index (χ2n) is 5.45. The largest absolute Gasteiger partial charge is 0.356 e. The zero-order chi connectivity index (χ0) is 14.8. The first-order chi connectivity index (χ1) is 9.60. The van der Waals surface area contributed by atoms with Crippen molar-refractivity contribution in [1.82, 2.24) is 10.6 Å². The lowest BCUT2D eigenvalue weighted by Gasteiger charge is -2.26. The summed E-state index contributed by atoms with van der Waals surface area (Å²) in [6.45, 7) is 6.32. The van der Waals surface area contributed by atoms with E-state index in [0.29, 0.717) is 0 Å². The molecule has 0 fully saturated rings. The third-order valence-corrected chi connectivity index (χ3v) is 3.99. The first kappa shape index (κ1) is 16.9. The van der Waals surface area contributed by atoms with Gasteiger partial charge in [-0.15, -0.1) is 0 Å². The van der Waals surface area contributed by atoms with Crippen LogP contribution in [0.3, 0.4) is 0 Å². The fraction of sp³-hybridized carbons (Fsp3) is 0.562. The summed E-state index contributed by atoms with van der Waals surface area (Å²) in [4.78, 5) is 4.27. The molecule has 1 aromatic rings. The van der Waals surface area contributed by atoms with Gasteiger partial charge < -0.3 is 10.6 Å². The third-order valence-electron chi connectivity index (χ3n) is 3.29. The molecular weight excluding hydrogens is 266 g/mol. The first-order valence-electron chi connectivity index (χ1n) is 7.09. The lowest BCUT2D eigenvalue weighted by atomic mass is 9.85. The Morgan fingerprint density at radius 3 is 2.50 bits per heavy atom. The molecule has 0 bridgehead atoms. The summed E-state index contributed by atoms with van der Waals surface area (Å²) in [7, 11) is 1.82. The van der Waals surface area contributed by atoms with Crippen LogP contribution < -0.4 is 10.6 Å². The number of nitrogens with one attached hydrogen (secondary N) is 2. The maximum Gasteiger partial charge on any atom is 0.191 e. The van der Waals surface area contributed by atoms with Crippen LogP contribution >= 0.6 is 11.8 Å². The quantitative estimate of drug-likeness (QED) is 0.461. The second kappa shape index (κ2) is 8.90.